The van der Waals surface area contributed by atoms with Crippen LogP contribution in [0.25, 0.3) is 11.0 Å². The Labute approximate surface area is 166 Å². The number of hydrogen-bond acceptors (Lipinski definition) is 5. The summed E-state index contributed by atoms with van der Waals surface area (Å²) < 4.78 is 2.27. The first kappa shape index (κ1) is 18.9. The second-order valence-corrected chi connectivity index (χ2v) is 7.78. The molecule has 0 unspecified atom stereocenters. The van der Waals surface area contributed by atoms with E-state index in [9.17, 15) is 0 Å². The van der Waals surface area contributed by atoms with Crippen molar-refractivity contribution >= 4 is 17.0 Å². The number of para-hydroxylation sites is 1. The molecule has 3 aromatic rings. The molecule has 1 aromatic carbocycles. The van der Waals surface area contributed by atoms with Crippen molar-refractivity contribution in [3.05, 3.63) is 53.3 Å². The average molecular weight is 379 g/mol. The summed E-state index contributed by atoms with van der Waals surface area (Å²) in [6, 6.07) is 13.0. The number of piperidine rings is 1. The number of nitrogens with two attached hydrogens (primary N) is 1. The zero-order valence-corrected chi connectivity index (χ0v) is 16.9. The third kappa shape index (κ3) is 4.03. The Morgan fingerprint density at radius 2 is 1.86 bits per heavy atom. The van der Waals surface area contributed by atoms with Gasteiger partial charge >= 0.3 is 0 Å². The van der Waals surface area contributed by atoms with Crippen molar-refractivity contribution in [2.75, 3.05) is 31.5 Å². The zero-order chi connectivity index (χ0) is 19.5. The van der Waals surface area contributed by atoms with Crippen LogP contribution in [0.2, 0.25) is 0 Å². The van der Waals surface area contributed by atoms with Crippen LogP contribution in [0, 0.1) is 13.8 Å². The molecule has 148 valence electrons. The summed E-state index contributed by atoms with van der Waals surface area (Å²) in [7, 11) is 0. The number of fused-ring (bicyclic) bond motifs is 1. The second kappa shape index (κ2) is 8.29. The van der Waals surface area contributed by atoms with Crippen LogP contribution in [0.15, 0.2) is 36.4 Å². The van der Waals surface area contributed by atoms with Crippen LogP contribution in [-0.4, -0.2) is 51.7 Å². The second-order valence-electron chi connectivity index (χ2n) is 7.78. The maximum atomic E-state index is 5.70. The fraction of sp³-hybridized carbons (Fsp3) is 0.455. The largest absolute Gasteiger partial charge is 0.353 e. The normalized spacial score (nSPS) is 16.0. The lowest BCUT2D eigenvalue weighted by molar-refractivity contribution is 0.224. The molecule has 1 fully saturated rings. The van der Waals surface area contributed by atoms with E-state index >= 15 is 0 Å². The Hall–Kier alpha value is -2.44. The van der Waals surface area contributed by atoms with Crippen LogP contribution in [0.5, 0.6) is 0 Å². The molecule has 0 spiro atoms. The van der Waals surface area contributed by atoms with Gasteiger partial charge in [0.2, 0.25) is 5.95 Å². The van der Waals surface area contributed by atoms with Gasteiger partial charge in [-0.05, 0) is 50.5 Å². The van der Waals surface area contributed by atoms with Crippen molar-refractivity contribution in [2.24, 2.45) is 5.73 Å². The monoisotopic (exact) mass is 378 g/mol. The molecule has 6 heteroatoms. The number of hydrogen-bond donors (Lipinski definition) is 2. The Balaban J connectivity index is 1.61. The molecule has 1 aliphatic heterocycles. The third-order valence-electron chi connectivity index (χ3n) is 5.61. The fourth-order valence-corrected chi connectivity index (χ4v) is 4.07. The first-order valence-electron chi connectivity index (χ1n) is 10.2. The third-order valence-corrected chi connectivity index (χ3v) is 5.61. The lowest BCUT2D eigenvalue weighted by Crippen LogP contribution is -2.41. The molecule has 4 rings (SSSR count). The van der Waals surface area contributed by atoms with Gasteiger partial charge in [0.15, 0.2) is 0 Å². The van der Waals surface area contributed by atoms with E-state index in [0.29, 0.717) is 6.04 Å². The summed E-state index contributed by atoms with van der Waals surface area (Å²) in [4.78, 5) is 12.1. The summed E-state index contributed by atoms with van der Waals surface area (Å²) >= 11 is 0. The van der Waals surface area contributed by atoms with Gasteiger partial charge in [-0.2, -0.15) is 0 Å². The van der Waals surface area contributed by atoms with Gasteiger partial charge in [-0.1, -0.05) is 18.2 Å². The molecule has 0 aliphatic carbocycles. The lowest BCUT2D eigenvalue weighted by Gasteiger charge is -2.32. The molecule has 28 heavy (non-hydrogen) atoms. The first-order chi connectivity index (χ1) is 13.6. The van der Waals surface area contributed by atoms with Crippen molar-refractivity contribution in [2.45, 2.75) is 39.3 Å². The Bertz CT molecular complexity index is 939. The van der Waals surface area contributed by atoms with Gasteiger partial charge in [-0.3, -0.25) is 4.98 Å². The minimum Gasteiger partial charge on any atom is -0.353 e. The number of nitrogens with one attached hydrogen (secondary N) is 1. The van der Waals surface area contributed by atoms with Crippen LogP contribution >= 0.6 is 0 Å². The molecular weight excluding hydrogens is 348 g/mol. The maximum absolute atomic E-state index is 5.70. The Kier molecular flexibility index (Phi) is 5.59. The topological polar surface area (TPSA) is 72.0 Å². The van der Waals surface area contributed by atoms with E-state index in [1.807, 2.05) is 13.0 Å². The van der Waals surface area contributed by atoms with Gasteiger partial charge < -0.3 is 20.5 Å². The highest BCUT2D eigenvalue weighted by atomic mass is 15.2. The van der Waals surface area contributed by atoms with Crippen molar-refractivity contribution in [1.29, 1.82) is 0 Å². The lowest BCUT2D eigenvalue weighted by atomic mass is 10.1. The van der Waals surface area contributed by atoms with Gasteiger partial charge in [-0.15, -0.1) is 0 Å². The van der Waals surface area contributed by atoms with E-state index in [0.717, 1.165) is 73.9 Å². The van der Waals surface area contributed by atoms with E-state index in [-0.39, 0.29) is 0 Å². The van der Waals surface area contributed by atoms with Gasteiger partial charge in [0.25, 0.3) is 0 Å². The number of benzene rings is 1. The number of aryl methyl sites for hydroxylation is 2. The highest BCUT2D eigenvalue weighted by Gasteiger charge is 2.21. The molecule has 0 saturated carbocycles. The molecule has 6 nitrogen and oxygen atoms in total. The van der Waals surface area contributed by atoms with Crippen LogP contribution in [-0.2, 0) is 6.54 Å². The summed E-state index contributed by atoms with van der Waals surface area (Å²) in [5, 5.41) is 3.73. The summed E-state index contributed by atoms with van der Waals surface area (Å²) in [6.07, 6.45) is 2.23. The minimum absolute atomic E-state index is 0.440. The number of anilines is 1. The van der Waals surface area contributed by atoms with E-state index in [2.05, 4.69) is 52.0 Å². The van der Waals surface area contributed by atoms with Gasteiger partial charge in [0, 0.05) is 37.9 Å². The Morgan fingerprint density at radius 1 is 1.07 bits per heavy atom. The standard InChI is InChI=1S/C22H30N6/c1-16-5-3-8-20-21(16)26-22(25-18-9-12-27(13-10-18)14-11-23)28(20)15-19-7-4-6-17(2)24-19/h3-8,18H,9-15,23H2,1-2H3,(H,25,26). The number of imidazole rings is 1. The molecule has 1 saturated heterocycles. The van der Waals surface area contributed by atoms with E-state index in [1.165, 1.54) is 5.56 Å². The number of aromatic nitrogens is 3. The van der Waals surface area contributed by atoms with Crippen LogP contribution in [0.3, 0.4) is 0 Å². The van der Waals surface area contributed by atoms with Gasteiger partial charge in [0.1, 0.15) is 0 Å². The molecule has 0 bridgehead atoms. The van der Waals surface area contributed by atoms with Crippen LogP contribution in [0.1, 0.15) is 29.8 Å². The van der Waals surface area contributed by atoms with E-state index in [1.54, 1.807) is 0 Å². The highest BCUT2D eigenvalue weighted by molar-refractivity contribution is 5.82. The van der Waals surface area contributed by atoms with E-state index in [4.69, 9.17) is 15.7 Å². The molecule has 1 aliphatic rings. The molecule has 2 aromatic heterocycles. The minimum atomic E-state index is 0.440. The number of nitrogens with zero attached hydrogens (tertiary/aromatic N) is 4. The van der Waals surface area contributed by atoms with Crippen LogP contribution in [0.4, 0.5) is 5.95 Å². The summed E-state index contributed by atoms with van der Waals surface area (Å²) in [5.41, 5.74) is 11.2. The van der Waals surface area contributed by atoms with E-state index < -0.39 is 0 Å². The van der Waals surface area contributed by atoms with Gasteiger partial charge in [-0.25, -0.2) is 4.98 Å². The highest BCUT2D eigenvalue weighted by Crippen LogP contribution is 2.25. The first-order valence-corrected chi connectivity index (χ1v) is 10.2. The SMILES string of the molecule is Cc1cccc(Cn2c(NC3CCN(CCN)CC3)nc3c(C)cccc32)n1. The van der Waals surface area contributed by atoms with Gasteiger partial charge in [0.05, 0.1) is 23.3 Å². The summed E-state index contributed by atoms with van der Waals surface area (Å²) in [5.74, 6) is 0.949. The zero-order valence-electron chi connectivity index (χ0n) is 16.9. The predicted molar refractivity (Wildman–Crippen MR) is 115 cm³/mol. The van der Waals surface area contributed by atoms with Crippen LogP contribution < -0.4 is 11.1 Å². The quantitative estimate of drug-likeness (QED) is 0.690. The molecule has 0 radical (unpaired) electrons. The molecular formula is C22H30N6. The molecule has 0 amide bonds. The maximum Gasteiger partial charge on any atom is 0.204 e. The van der Waals surface area contributed by atoms with Crippen molar-refractivity contribution in [1.82, 2.24) is 19.4 Å². The molecule has 0 atom stereocenters. The number of rotatable bonds is 6. The number of likely N-dealkylation sites (tertiary alicyclic amines) is 1. The smallest absolute Gasteiger partial charge is 0.204 e. The average Bonchev–Trinajstić information content (AvgIpc) is 3.02. The predicted octanol–water partition coefficient (Wildman–Crippen LogP) is 2.93. The van der Waals surface area contributed by atoms with Crippen molar-refractivity contribution in [3.8, 4) is 0 Å². The Morgan fingerprint density at radius 3 is 2.61 bits per heavy atom. The molecule has 3 N–H and O–H groups in total. The van der Waals surface area contributed by atoms with Crippen molar-refractivity contribution < 1.29 is 0 Å². The summed E-state index contributed by atoms with van der Waals surface area (Å²) in [6.45, 7) is 8.78. The number of pyridine rings is 1. The van der Waals surface area contributed by atoms with Crippen molar-refractivity contribution in [3.63, 3.8) is 0 Å². The fourth-order valence-electron chi connectivity index (χ4n) is 4.07. The molecule has 3 heterocycles.